The maximum atomic E-state index is 11.3. The predicted molar refractivity (Wildman–Crippen MR) is 127 cm³/mol. The second-order valence-corrected chi connectivity index (χ2v) is 9.92. The summed E-state index contributed by atoms with van der Waals surface area (Å²) in [5.74, 6) is -1.97. The van der Waals surface area contributed by atoms with E-state index in [2.05, 4.69) is 12.1 Å². The second kappa shape index (κ2) is 12.1. The highest BCUT2D eigenvalue weighted by Gasteiger charge is 2.47. The average Bonchev–Trinajstić information content (AvgIpc) is 2.94. The molecule has 0 amide bonds. The third-order valence-corrected chi connectivity index (χ3v) is 6.79. The van der Waals surface area contributed by atoms with Crippen LogP contribution in [0.2, 0.25) is 0 Å². The molecule has 2 unspecified atom stereocenters. The number of aliphatic hydroxyl groups excluding tert-OH is 1. The number of benzene rings is 1. The number of aliphatic carboxylic acids is 1. The molecule has 0 aromatic heterocycles. The lowest BCUT2D eigenvalue weighted by Crippen LogP contribution is -2.37. The molecule has 3 rings (SSSR count). The minimum Gasteiger partial charge on any atom is -0.481 e. The fourth-order valence-corrected chi connectivity index (χ4v) is 5.16. The van der Waals surface area contributed by atoms with E-state index in [1.54, 1.807) is 6.08 Å². The van der Waals surface area contributed by atoms with Crippen molar-refractivity contribution in [3.05, 3.63) is 47.5 Å². The number of rotatable bonds is 13. The quantitative estimate of drug-likeness (QED) is 0.301. The standard InChI is InChI=1S/C27H40O6/c1-19(2)32-15-13-20-8-7-9-21(16-20)18-27(31)14-12-22-23(25(33-27)17-24(22)28)10-5-3-4-6-11-26(29)30/h7-9,12,14,16,19,22-25,28,31H,3-6,10-11,13,15,17-18H2,1-2H3,(H,29,30)/t22-,23-,24+,25?,27?/m1/s1. The first-order valence-electron chi connectivity index (χ1n) is 12.4. The van der Waals surface area contributed by atoms with Crippen LogP contribution in [0.3, 0.4) is 0 Å². The van der Waals surface area contributed by atoms with Crippen molar-refractivity contribution < 1.29 is 29.6 Å². The van der Waals surface area contributed by atoms with Crippen molar-refractivity contribution in [1.82, 2.24) is 0 Å². The largest absolute Gasteiger partial charge is 0.481 e. The Labute approximate surface area is 197 Å². The zero-order valence-electron chi connectivity index (χ0n) is 20.0. The van der Waals surface area contributed by atoms with Crippen LogP contribution in [0.15, 0.2) is 36.4 Å². The summed E-state index contributed by atoms with van der Waals surface area (Å²) in [6.45, 7) is 4.72. The van der Waals surface area contributed by atoms with E-state index in [-0.39, 0.29) is 30.5 Å². The fourth-order valence-electron chi connectivity index (χ4n) is 5.16. The van der Waals surface area contributed by atoms with Crippen LogP contribution in [0.4, 0.5) is 0 Å². The van der Waals surface area contributed by atoms with Crippen LogP contribution in [0.1, 0.15) is 69.9 Å². The molecule has 1 heterocycles. The Balaban J connectivity index is 1.56. The van der Waals surface area contributed by atoms with Crippen molar-refractivity contribution in [2.24, 2.45) is 11.8 Å². The molecule has 6 nitrogen and oxygen atoms in total. The van der Waals surface area contributed by atoms with Gasteiger partial charge in [0.2, 0.25) is 0 Å². The van der Waals surface area contributed by atoms with Crippen LogP contribution in [0, 0.1) is 11.8 Å². The maximum Gasteiger partial charge on any atom is 0.303 e. The van der Waals surface area contributed by atoms with Gasteiger partial charge in [-0.05, 0) is 56.2 Å². The van der Waals surface area contributed by atoms with Gasteiger partial charge in [0.1, 0.15) is 0 Å². The van der Waals surface area contributed by atoms with Gasteiger partial charge in [-0.3, -0.25) is 4.79 Å². The van der Waals surface area contributed by atoms with Crippen molar-refractivity contribution >= 4 is 5.97 Å². The number of carboxylic acids is 1. The van der Waals surface area contributed by atoms with Gasteiger partial charge in [-0.2, -0.15) is 0 Å². The molecule has 1 aromatic rings. The number of fused-ring (bicyclic) bond motifs is 2. The number of carboxylic acid groups (broad SMARTS) is 1. The van der Waals surface area contributed by atoms with Crippen molar-refractivity contribution in [3.8, 4) is 0 Å². The van der Waals surface area contributed by atoms with Crippen molar-refractivity contribution in [2.45, 2.75) is 95.7 Å². The van der Waals surface area contributed by atoms with E-state index in [1.807, 2.05) is 32.1 Å². The Morgan fingerprint density at radius 1 is 1.21 bits per heavy atom. The summed E-state index contributed by atoms with van der Waals surface area (Å²) in [4.78, 5) is 10.6. The number of ether oxygens (including phenoxy) is 2. The van der Waals surface area contributed by atoms with Gasteiger partial charge >= 0.3 is 5.97 Å². The van der Waals surface area contributed by atoms with Crippen LogP contribution >= 0.6 is 0 Å². The number of hydrogen-bond acceptors (Lipinski definition) is 5. The summed E-state index contributed by atoms with van der Waals surface area (Å²) >= 11 is 0. The number of aliphatic hydroxyl groups is 2. The Morgan fingerprint density at radius 3 is 2.73 bits per heavy atom. The molecular formula is C27H40O6. The molecule has 5 atom stereocenters. The van der Waals surface area contributed by atoms with Gasteiger partial charge in [-0.25, -0.2) is 0 Å². The molecule has 6 heteroatoms. The zero-order valence-corrected chi connectivity index (χ0v) is 20.0. The molecule has 2 aliphatic rings. The molecular weight excluding hydrogens is 420 g/mol. The molecule has 1 aliphatic heterocycles. The van der Waals surface area contributed by atoms with E-state index < -0.39 is 17.9 Å². The van der Waals surface area contributed by atoms with E-state index in [0.29, 0.717) is 25.9 Å². The number of unbranched alkanes of at least 4 members (excludes halogenated alkanes) is 3. The van der Waals surface area contributed by atoms with Gasteiger partial charge in [-0.1, -0.05) is 49.6 Å². The molecule has 3 N–H and O–H groups in total. The third-order valence-electron chi connectivity index (χ3n) is 6.79. The lowest BCUT2D eigenvalue weighted by Gasteiger charge is -2.30. The van der Waals surface area contributed by atoms with Crippen molar-refractivity contribution in [1.29, 1.82) is 0 Å². The Morgan fingerprint density at radius 2 is 1.97 bits per heavy atom. The fraction of sp³-hybridized carbons (Fsp3) is 0.667. The molecule has 1 fully saturated rings. The molecule has 2 bridgehead atoms. The topological polar surface area (TPSA) is 96.2 Å². The summed E-state index contributed by atoms with van der Waals surface area (Å²) in [5, 5.41) is 30.6. The summed E-state index contributed by atoms with van der Waals surface area (Å²) in [5.41, 5.74) is 2.18. The maximum absolute atomic E-state index is 11.3. The van der Waals surface area contributed by atoms with Gasteiger partial charge in [-0.15, -0.1) is 0 Å². The van der Waals surface area contributed by atoms with Gasteiger partial charge < -0.3 is 24.8 Å². The molecule has 33 heavy (non-hydrogen) atoms. The summed E-state index contributed by atoms with van der Waals surface area (Å²) in [6.07, 6.45) is 9.66. The molecule has 184 valence electrons. The average molecular weight is 461 g/mol. The zero-order chi connectivity index (χ0) is 23.8. The highest BCUT2D eigenvalue weighted by Crippen LogP contribution is 2.43. The molecule has 0 saturated heterocycles. The first-order valence-corrected chi connectivity index (χ1v) is 12.4. The summed E-state index contributed by atoms with van der Waals surface area (Å²) in [7, 11) is 0. The van der Waals surface area contributed by atoms with Gasteiger partial charge in [0.25, 0.3) is 0 Å². The van der Waals surface area contributed by atoms with Crippen LogP contribution in [-0.4, -0.2) is 52.0 Å². The molecule has 0 radical (unpaired) electrons. The highest BCUT2D eigenvalue weighted by molar-refractivity contribution is 5.66. The first-order chi connectivity index (χ1) is 15.8. The van der Waals surface area contributed by atoms with Crippen LogP contribution in [-0.2, 0) is 27.1 Å². The summed E-state index contributed by atoms with van der Waals surface area (Å²) < 4.78 is 11.9. The second-order valence-electron chi connectivity index (χ2n) is 9.92. The number of carbonyl (C=O) groups is 1. The van der Waals surface area contributed by atoms with E-state index in [4.69, 9.17) is 14.6 Å². The van der Waals surface area contributed by atoms with Crippen LogP contribution in [0.5, 0.6) is 0 Å². The first kappa shape index (κ1) is 25.9. The Kier molecular flexibility index (Phi) is 9.50. The summed E-state index contributed by atoms with van der Waals surface area (Å²) in [6, 6.07) is 8.19. The normalized spacial score (nSPS) is 28.9. The minimum absolute atomic E-state index is 0.0115. The lowest BCUT2D eigenvalue weighted by molar-refractivity contribution is -0.202. The molecule has 0 spiro atoms. The SMILES string of the molecule is CC(C)OCCc1cccc(CC2(O)C=C[C@H]3[C@@H](O)CC(O2)[C@@H]3CCCCCCC(=O)O)c1. The Hall–Kier alpha value is -1.73. The monoisotopic (exact) mass is 460 g/mol. The smallest absolute Gasteiger partial charge is 0.303 e. The number of hydrogen-bond donors (Lipinski definition) is 3. The Bertz CT molecular complexity index is 791. The van der Waals surface area contributed by atoms with E-state index in [0.717, 1.165) is 37.7 Å². The van der Waals surface area contributed by atoms with Gasteiger partial charge in [0.15, 0.2) is 5.79 Å². The minimum atomic E-state index is -1.38. The van der Waals surface area contributed by atoms with Gasteiger partial charge in [0.05, 0.1) is 24.9 Å². The highest BCUT2D eigenvalue weighted by atomic mass is 16.6. The molecule has 1 saturated carbocycles. The van der Waals surface area contributed by atoms with Crippen molar-refractivity contribution in [3.63, 3.8) is 0 Å². The van der Waals surface area contributed by atoms with Crippen LogP contribution in [0.25, 0.3) is 0 Å². The van der Waals surface area contributed by atoms with Crippen molar-refractivity contribution in [2.75, 3.05) is 6.61 Å². The molecule has 1 aromatic carbocycles. The van der Waals surface area contributed by atoms with E-state index in [9.17, 15) is 15.0 Å². The van der Waals surface area contributed by atoms with Gasteiger partial charge in [0, 0.05) is 25.2 Å². The predicted octanol–water partition coefficient (Wildman–Crippen LogP) is 4.26. The van der Waals surface area contributed by atoms with E-state index >= 15 is 0 Å². The third kappa shape index (κ3) is 7.92. The lowest BCUT2D eigenvalue weighted by atomic mass is 9.88. The van der Waals surface area contributed by atoms with E-state index in [1.165, 1.54) is 5.56 Å². The van der Waals surface area contributed by atoms with Crippen LogP contribution < -0.4 is 0 Å². The molecule has 1 aliphatic carbocycles.